The quantitative estimate of drug-likeness (QED) is 0.741. The largest absolute Gasteiger partial charge is 0.301 e. The highest BCUT2D eigenvalue weighted by Crippen LogP contribution is 2.11. The second kappa shape index (κ2) is 7.73. The van der Waals surface area contributed by atoms with Crippen molar-refractivity contribution in [2.75, 3.05) is 45.8 Å². The maximum Gasteiger partial charge on any atom is 0.105 e. The van der Waals surface area contributed by atoms with Gasteiger partial charge in [-0.1, -0.05) is 13.8 Å². The lowest BCUT2D eigenvalue weighted by Crippen LogP contribution is -2.49. The van der Waals surface area contributed by atoms with Gasteiger partial charge in [0.2, 0.25) is 0 Å². The van der Waals surface area contributed by atoms with Gasteiger partial charge in [-0.2, -0.15) is 5.26 Å². The van der Waals surface area contributed by atoms with Gasteiger partial charge >= 0.3 is 0 Å². The Balaban J connectivity index is 2.27. The Morgan fingerprint density at radius 2 is 1.67 bits per heavy atom. The van der Waals surface area contributed by atoms with Crippen LogP contribution < -0.4 is 5.32 Å². The van der Waals surface area contributed by atoms with E-state index in [-0.39, 0.29) is 5.54 Å². The number of nitrogens with one attached hydrogen (secondary N) is 1. The molecule has 0 aromatic carbocycles. The fourth-order valence-corrected chi connectivity index (χ4v) is 2.51. The van der Waals surface area contributed by atoms with Crippen LogP contribution in [0.2, 0.25) is 0 Å². The van der Waals surface area contributed by atoms with Gasteiger partial charge in [0.1, 0.15) is 5.54 Å². The zero-order valence-electron chi connectivity index (χ0n) is 12.2. The molecule has 1 unspecified atom stereocenters. The van der Waals surface area contributed by atoms with Gasteiger partial charge in [-0.05, 0) is 32.9 Å². The number of nitriles is 1. The number of nitrogens with zero attached hydrogens (tertiary/aromatic N) is 3. The van der Waals surface area contributed by atoms with Gasteiger partial charge in [0.05, 0.1) is 6.07 Å². The number of piperazine rings is 1. The fourth-order valence-electron chi connectivity index (χ4n) is 2.51. The highest BCUT2D eigenvalue weighted by atomic mass is 15.3. The summed E-state index contributed by atoms with van der Waals surface area (Å²) in [6.45, 7) is 14.1. The molecule has 0 amide bonds. The van der Waals surface area contributed by atoms with Crippen LogP contribution in [0, 0.1) is 11.3 Å². The van der Waals surface area contributed by atoms with Crippen LogP contribution in [-0.4, -0.2) is 61.2 Å². The number of hydrogen-bond acceptors (Lipinski definition) is 4. The molecule has 1 aliphatic heterocycles. The molecule has 1 saturated heterocycles. The molecule has 4 nitrogen and oxygen atoms in total. The van der Waals surface area contributed by atoms with E-state index in [0.29, 0.717) is 0 Å². The minimum atomic E-state index is -0.366. The smallest absolute Gasteiger partial charge is 0.105 e. The fraction of sp³-hybridized carbons (Fsp3) is 0.929. The second-order valence-corrected chi connectivity index (χ2v) is 5.41. The van der Waals surface area contributed by atoms with E-state index in [1.807, 2.05) is 6.92 Å². The lowest BCUT2D eigenvalue weighted by Gasteiger charge is -2.36. The van der Waals surface area contributed by atoms with Crippen molar-refractivity contribution >= 4 is 0 Å². The molecule has 1 atom stereocenters. The zero-order chi connectivity index (χ0) is 13.4. The number of hydrogen-bond donors (Lipinski definition) is 1. The van der Waals surface area contributed by atoms with E-state index in [9.17, 15) is 5.26 Å². The Morgan fingerprint density at radius 3 is 2.11 bits per heavy atom. The molecule has 1 rings (SSSR count). The first-order chi connectivity index (χ1) is 8.63. The van der Waals surface area contributed by atoms with Gasteiger partial charge in [-0.3, -0.25) is 5.32 Å². The molecule has 1 aliphatic rings. The Kier molecular flexibility index (Phi) is 6.62. The van der Waals surface area contributed by atoms with Gasteiger partial charge < -0.3 is 9.80 Å². The SMILES string of the molecule is CCCN1CCN(CCC(C)(C#N)NCC)CC1. The molecule has 1 fully saturated rings. The number of rotatable bonds is 7. The third-order valence-electron chi connectivity index (χ3n) is 3.75. The molecule has 4 heteroatoms. The first-order valence-corrected chi connectivity index (χ1v) is 7.24. The van der Waals surface area contributed by atoms with E-state index in [2.05, 4.69) is 35.0 Å². The van der Waals surface area contributed by atoms with E-state index in [4.69, 9.17) is 0 Å². The first kappa shape index (κ1) is 15.4. The van der Waals surface area contributed by atoms with Gasteiger partial charge in [0, 0.05) is 32.7 Å². The maximum atomic E-state index is 9.22. The molecule has 0 saturated carbocycles. The zero-order valence-corrected chi connectivity index (χ0v) is 12.2. The van der Waals surface area contributed by atoms with Crippen molar-refractivity contribution in [3.8, 4) is 6.07 Å². The predicted octanol–water partition coefficient (Wildman–Crippen LogP) is 1.30. The van der Waals surface area contributed by atoms with Crippen LogP contribution >= 0.6 is 0 Å². The van der Waals surface area contributed by atoms with E-state index in [0.717, 1.165) is 32.6 Å². The summed E-state index contributed by atoms with van der Waals surface area (Å²) >= 11 is 0. The van der Waals surface area contributed by atoms with Gasteiger partial charge in [-0.15, -0.1) is 0 Å². The molecular weight excluding hydrogens is 224 g/mol. The average Bonchev–Trinajstić information content (AvgIpc) is 2.39. The summed E-state index contributed by atoms with van der Waals surface area (Å²) in [6.07, 6.45) is 2.15. The summed E-state index contributed by atoms with van der Waals surface area (Å²) in [5.41, 5.74) is -0.366. The van der Waals surface area contributed by atoms with Crippen molar-refractivity contribution < 1.29 is 0 Å². The summed E-state index contributed by atoms with van der Waals surface area (Å²) in [7, 11) is 0. The van der Waals surface area contributed by atoms with Crippen LogP contribution in [0.5, 0.6) is 0 Å². The summed E-state index contributed by atoms with van der Waals surface area (Å²) in [6, 6.07) is 2.40. The maximum absolute atomic E-state index is 9.22. The summed E-state index contributed by atoms with van der Waals surface area (Å²) in [5, 5.41) is 12.5. The van der Waals surface area contributed by atoms with Crippen LogP contribution in [0.1, 0.15) is 33.6 Å². The van der Waals surface area contributed by atoms with E-state index >= 15 is 0 Å². The molecule has 0 bridgehead atoms. The molecule has 104 valence electrons. The molecule has 0 aromatic heterocycles. The standard InChI is InChI=1S/C14H28N4/c1-4-7-17-9-11-18(12-10-17)8-6-14(3,13-15)16-5-2/h16H,4-12H2,1-3H3. The molecule has 1 heterocycles. The van der Waals surface area contributed by atoms with Gasteiger partial charge in [0.25, 0.3) is 0 Å². The Bertz CT molecular complexity index is 265. The first-order valence-electron chi connectivity index (χ1n) is 7.24. The van der Waals surface area contributed by atoms with Gasteiger partial charge in [-0.25, -0.2) is 0 Å². The molecular formula is C14H28N4. The van der Waals surface area contributed by atoms with Crippen LogP contribution in [0.3, 0.4) is 0 Å². The highest BCUT2D eigenvalue weighted by Gasteiger charge is 2.24. The lowest BCUT2D eigenvalue weighted by molar-refractivity contribution is 0.126. The van der Waals surface area contributed by atoms with E-state index < -0.39 is 0 Å². The van der Waals surface area contributed by atoms with Crippen LogP contribution in [-0.2, 0) is 0 Å². The van der Waals surface area contributed by atoms with Crippen molar-refractivity contribution in [2.24, 2.45) is 0 Å². The Labute approximate surface area is 112 Å². The van der Waals surface area contributed by atoms with Crippen molar-refractivity contribution in [1.29, 1.82) is 5.26 Å². The minimum absolute atomic E-state index is 0.366. The Hall–Kier alpha value is -0.630. The van der Waals surface area contributed by atoms with Crippen molar-refractivity contribution in [3.63, 3.8) is 0 Å². The summed E-state index contributed by atoms with van der Waals surface area (Å²) in [5.74, 6) is 0. The summed E-state index contributed by atoms with van der Waals surface area (Å²) in [4.78, 5) is 5.02. The van der Waals surface area contributed by atoms with E-state index in [1.165, 1.54) is 26.1 Å². The van der Waals surface area contributed by atoms with Gasteiger partial charge in [0.15, 0.2) is 0 Å². The molecule has 1 N–H and O–H groups in total. The summed E-state index contributed by atoms with van der Waals surface area (Å²) < 4.78 is 0. The predicted molar refractivity (Wildman–Crippen MR) is 75.5 cm³/mol. The monoisotopic (exact) mass is 252 g/mol. The molecule has 0 aromatic rings. The lowest BCUT2D eigenvalue weighted by atomic mass is 9.99. The molecule has 18 heavy (non-hydrogen) atoms. The average molecular weight is 252 g/mol. The molecule has 0 aliphatic carbocycles. The highest BCUT2D eigenvalue weighted by molar-refractivity contribution is 5.03. The van der Waals surface area contributed by atoms with Crippen LogP contribution in [0.4, 0.5) is 0 Å². The topological polar surface area (TPSA) is 42.3 Å². The van der Waals surface area contributed by atoms with Crippen molar-refractivity contribution in [2.45, 2.75) is 39.2 Å². The molecule has 0 spiro atoms. The van der Waals surface area contributed by atoms with Crippen LogP contribution in [0.15, 0.2) is 0 Å². The minimum Gasteiger partial charge on any atom is -0.301 e. The normalized spacial score (nSPS) is 21.4. The second-order valence-electron chi connectivity index (χ2n) is 5.41. The Morgan fingerprint density at radius 1 is 1.11 bits per heavy atom. The third-order valence-corrected chi connectivity index (χ3v) is 3.75. The van der Waals surface area contributed by atoms with Crippen molar-refractivity contribution in [1.82, 2.24) is 15.1 Å². The molecule has 0 radical (unpaired) electrons. The van der Waals surface area contributed by atoms with Crippen molar-refractivity contribution in [3.05, 3.63) is 0 Å². The van der Waals surface area contributed by atoms with E-state index in [1.54, 1.807) is 0 Å². The van der Waals surface area contributed by atoms with Crippen LogP contribution in [0.25, 0.3) is 0 Å². The third kappa shape index (κ3) is 4.93.